The lowest BCUT2D eigenvalue weighted by Gasteiger charge is -2.52. The molecule has 1 N–H and O–H groups in total. The average Bonchev–Trinajstić information content (AvgIpc) is 3.32. The Kier molecular flexibility index (Phi) is 13.1. The topological polar surface area (TPSA) is 110 Å². The molecule has 3 heterocycles. The van der Waals surface area contributed by atoms with Crippen LogP contribution in [0.15, 0.2) is 48.6 Å². The van der Waals surface area contributed by atoms with Crippen LogP contribution in [0.2, 0.25) is 5.02 Å². The first-order valence-electron chi connectivity index (χ1n) is 20.6. The fourth-order valence-corrected chi connectivity index (χ4v) is 11.2. The van der Waals surface area contributed by atoms with E-state index in [1.807, 2.05) is 32.2 Å². The lowest BCUT2D eigenvalue weighted by Crippen LogP contribution is -2.59. The highest BCUT2D eigenvalue weighted by atomic mass is 35.5. The summed E-state index contributed by atoms with van der Waals surface area (Å²) in [6.45, 7) is 13.0. The average molecular weight is 814 g/mol. The summed E-state index contributed by atoms with van der Waals surface area (Å²) >= 11 is 6.51. The smallest absolute Gasteiger partial charge is 0.264 e. The quantitative estimate of drug-likeness (QED) is 0.256. The fourth-order valence-electron chi connectivity index (χ4n) is 9.77. The predicted octanol–water partition coefficient (Wildman–Crippen LogP) is 5.55. The molecule has 1 amide bonds. The number of benzene rings is 2. The summed E-state index contributed by atoms with van der Waals surface area (Å²) in [6.07, 6.45) is 10.0. The van der Waals surface area contributed by atoms with E-state index in [0.717, 1.165) is 88.6 Å². The third-order valence-corrected chi connectivity index (χ3v) is 15.7. The van der Waals surface area contributed by atoms with E-state index in [0.29, 0.717) is 56.6 Å². The van der Waals surface area contributed by atoms with Crippen LogP contribution in [0.1, 0.15) is 67.4 Å². The molecule has 0 radical (unpaired) electrons. The Hall–Kier alpha value is -2.71. The Morgan fingerprint density at radius 1 is 1.00 bits per heavy atom. The number of piperazine rings is 1. The number of allylic oxidation sites excluding steroid dienone is 1. The summed E-state index contributed by atoms with van der Waals surface area (Å²) < 4.78 is 54.0. The molecule has 1 saturated heterocycles. The standard InChI is InChI=1S/C43H61ClN4O7S/c1-31-7-5-16-43(53-4,29-47-19-17-46(18-20-47)21-22-54-24-23-52-3)38-12-9-35(38)27-48-28-42(15-6-8-33-25-36(44)11-13-37(33)42)30-55-40-14-10-34(26-39(40)48)41(49)45-56(50,51)32(31)2/h5,10-11,13-14,16,25-26,31-32,35,38H,6-9,12,15,17-24,27-30H2,1-4H3,(H,45,49)/b16-5-/t31-,32+,35-,38+,42-,43+/m0/s1. The van der Waals surface area contributed by atoms with E-state index in [1.165, 1.54) is 11.1 Å². The van der Waals surface area contributed by atoms with Crippen LogP contribution in [-0.4, -0.2) is 128 Å². The van der Waals surface area contributed by atoms with Crippen molar-refractivity contribution >= 4 is 33.2 Å². The lowest BCUT2D eigenvalue weighted by atomic mass is 9.63. The van der Waals surface area contributed by atoms with Crippen molar-refractivity contribution in [2.75, 3.05) is 97.9 Å². The minimum Gasteiger partial charge on any atom is -0.490 e. The van der Waals surface area contributed by atoms with Crippen LogP contribution in [-0.2, 0) is 36.1 Å². The number of hydrogen-bond donors (Lipinski definition) is 1. The van der Waals surface area contributed by atoms with E-state index in [9.17, 15) is 13.2 Å². The van der Waals surface area contributed by atoms with Crippen LogP contribution in [0, 0.1) is 17.8 Å². The maximum atomic E-state index is 13.7. The molecule has 0 unspecified atom stereocenters. The number of aryl methyl sites for hydroxylation is 1. The molecule has 2 bridgehead atoms. The summed E-state index contributed by atoms with van der Waals surface area (Å²) in [5.41, 5.74) is 2.84. The van der Waals surface area contributed by atoms with Crippen molar-refractivity contribution in [1.29, 1.82) is 0 Å². The minimum absolute atomic E-state index is 0.230. The van der Waals surface area contributed by atoms with Gasteiger partial charge in [0, 0.05) is 82.6 Å². The first-order chi connectivity index (χ1) is 27.0. The molecule has 2 fully saturated rings. The zero-order chi connectivity index (χ0) is 39.5. The Bertz CT molecular complexity index is 1840. The van der Waals surface area contributed by atoms with Gasteiger partial charge in [0.15, 0.2) is 0 Å². The van der Waals surface area contributed by atoms with Crippen LogP contribution in [0.4, 0.5) is 5.69 Å². The van der Waals surface area contributed by atoms with Gasteiger partial charge in [0.2, 0.25) is 10.0 Å². The van der Waals surface area contributed by atoms with Gasteiger partial charge in [-0.05, 0) is 105 Å². The molecule has 2 aliphatic carbocycles. The normalized spacial score (nSPS) is 31.7. The van der Waals surface area contributed by atoms with Gasteiger partial charge in [0.1, 0.15) is 11.4 Å². The summed E-state index contributed by atoms with van der Waals surface area (Å²) in [7, 11) is -0.432. The number of halogens is 1. The third-order valence-electron chi connectivity index (χ3n) is 13.5. The number of nitrogens with one attached hydrogen (secondary N) is 1. The van der Waals surface area contributed by atoms with Gasteiger partial charge in [0.05, 0.1) is 37.4 Å². The molecule has 6 atom stereocenters. The minimum atomic E-state index is -3.97. The molecule has 308 valence electrons. The van der Waals surface area contributed by atoms with E-state index in [1.54, 1.807) is 20.1 Å². The molecular formula is C43H61ClN4O7S. The monoisotopic (exact) mass is 812 g/mol. The van der Waals surface area contributed by atoms with Gasteiger partial charge in [-0.25, -0.2) is 13.1 Å². The maximum absolute atomic E-state index is 13.7. The fraction of sp³-hybridized carbons (Fsp3) is 0.651. The van der Waals surface area contributed by atoms with Gasteiger partial charge in [-0.3, -0.25) is 14.6 Å². The van der Waals surface area contributed by atoms with Crippen LogP contribution >= 0.6 is 11.6 Å². The Morgan fingerprint density at radius 3 is 2.55 bits per heavy atom. The highest BCUT2D eigenvalue weighted by Gasteiger charge is 2.50. The van der Waals surface area contributed by atoms with Crippen molar-refractivity contribution in [3.05, 3.63) is 70.3 Å². The lowest BCUT2D eigenvalue weighted by molar-refractivity contribution is -0.0958. The van der Waals surface area contributed by atoms with Crippen molar-refractivity contribution in [3.8, 4) is 5.75 Å². The Labute approximate surface area is 339 Å². The number of nitrogens with zero attached hydrogens (tertiary/aromatic N) is 3. The first kappa shape index (κ1) is 41.4. The Morgan fingerprint density at radius 2 is 1.80 bits per heavy atom. The molecule has 1 spiro atoms. The van der Waals surface area contributed by atoms with Crippen molar-refractivity contribution in [2.24, 2.45) is 17.8 Å². The summed E-state index contributed by atoms with van der Waals surface area (Å²) in [4.78, 5) is 21.1. The first-order valence-corrected chi connectivity index (χ1v) is 22.5. The van der Waals surface area contributed by atoms with Crippen molar-refractivity contribution in [2.45, 2.75) is 68.6 Å². The van der Waals surface area contributed by atoms with Crippen LogP contribution < -0.4 is 14.4 Å². The van der Waals surface area contributed by atoms with E-state index in [2.05, 4.69) is 43.7 Å². The summed E-state index contributed by atoms with van der Waals surface area (Å²) in [5, 5.41) is -0.0445. The second-order valence-corrected chi connectivity index (χ2v) is 19.4. The summed E-state index contributed by atoms with van der Waals surface area (Å²) in [5.74, 6) is 0.425. The molecule has 56 heavy (non-hydrogen) atoms. The van der Waals surface area contributed by atoms with Crippen LogP contribution in [0.5, 0.6) is 5.75 Å². The molecule has 0 aromatic heterocycles. The number of carbonyl (C=O) groups is 1. The van der Waals surface area contributed by atoms with E-state index < -0.39 is 26.8 Å². The second-order valence-electron chi connectivity index (χ2n) is 16.9. The number of ether oxygens (including phenoxy) is 4. The SMILES string of the molecule is COCCOCCN1CCN(C[C@]2(OC)/C=C\C[C@H](C)[C@@H](C)S(=O)(=O)NC(=O)c3ccc4c(c3)N(C[C@@H]3CC[C@H]32)C[C@@]2(CCCc3cc(Cl)ccc32)CO4)CC1. The third kappa shape index (κ3) is 8.82. The zero-order valence-electron chi connectivity index (χ0n) is 33.6. The molecule has 7 rings (SSSR count). The molecule has 2 aromatic carbocycles. The molecule has 3 aliphatic heterocycles. The van der Waals surface area contributed by atoms with Gasteiger partial charge in [-0.1, -0.05) is 36.7 Å². The molecule has 2 aromatic rings. The van der Waals surface area contributed by atoms with Crippen LogP contribution in [0.25, 0.3) is 0 Å². The number of amides is 1. The van der Waals surface area contributed by atoms with Crippen LogP contribution in [0.3, 0.4) is 0 Å². The van der Waals surface area contributed by atoms with E-state index in [-0.39, 0.29) is 17.3 Å². The summed E-state index contributed by atoms with van der Waals surface area (Å²) in [6, 6.07) is 11.6. The highest BCUT2D eigenvalue weighted by Crippen LogP contribution is 2.49. The number of rotatable bonds is 9. The number of sulfonamides is 1. The zero-order valence-corrected chi connectivity index (χ0v) is 35.2. The molecule has 5 aliphatic rings. The van der Waals surface area contributed by atoms with Gasteiger partial charge in [-0.2, -0.15) is 0 Å². The molecule has 1 saturated carbocycles. The Balaban J connectivity index is 1.21. The highest BCUT2D eigenvalue weighted by molar-refractivity contribution is 7.90. The predicted molar refractivity (Wildman–Crippen MR) is 221 cm³/mol. The molecule has 11 nitrogen and oxygen atoms in total. The van der Waals surface area contributed by atoms with E-state index >= 15 is 0 Å². The van der Waals surface area contributed by atoms with Gasteiger partial charge in [-0.15, -0.1) is 0 Å². The van der Waals surface area contributed by atoms with Crippen molar-refractivity contribution in [3.63, 3.8) is 0 Å². The number of fused-ring (bicyclic) bond motifs is 4. The largest absolute Gasteiger partial charge is 0.490 e. The number of methoxy groups -OCH3 is 2. The van der Waals surface area contributed by atoms with Gasteiger partial charge in [0.25, 0.3) is 5.91 Å². The molecular weight excluding hydrogens is 752 g/mol. The van der Waals surface area contributed by atoms with Gasteiger partial charge >= 0.3 is 0 Å². The molecule has 13 heteroatoms. The second kappa shape index (κ2) is 17.6. The maximum Gasteiger partial charge on any atom is 0.264 e. The number of hydrogen-bond acceptors (Lipinski definition) is 10. The number of carbonyl (C=O) groups excluding carboxylic acids is 1. The van der Waals surface area contributed by atoms with E-state index in [4.69, 9.17) is 30.5 Å². The van der Waals surface area contributed by atoms with Crippen molar-refractivity contribution < 1.29 is 32.2 Å². The number of anilines is 1. The van der Waals surface area contributed by atoms with Gasteiger partial charge < -0.3 is 23.8 Å². The van der Waals surface area contributed by atoms with Crippen molar-refractivity contribution in [1.82, 2.24) is 14.5 Å².